The van der Waals surface area contributed by atoms with Crippen molar-refractivity contribution in [3.05, 3.63) is 65.2 Å². The van der Waals surface area contributed by atoms with Gasteiger partial charge in [0.15, 0.2) is 0 Å². The molecule has 0 bridgehead atoms. The van der Waals surface area contributed by atoms with E-state index in [0.717, 1.165) is 13.0 Å². The summed E-state index contributed by atoms with van der Waals surface area (Å²) in [6.07, 6.45) is 1.10. The van der Waals surface area contributed by atoms with Gasteiger partial charge in [-0.25, -0.2) is 9.69 Å². The average molecular weight is 348 g/mol. The van der Waals surface area contributed by atoms with Crippen molar-refractivity contribution in [2.24, 2.45) is 5.92 Å². The highest BCUT2D eigenvalue weighted by molar-refractivity contribution is 5.95. The molecule has 2 aromatic carbocycles. The molecule has 5 rings (SSSR count). The van der Waals surface area contributed by atoms with E-state index in [1.807, 2.05) is 12.1 Å². The maximum Gasteiger partial charge on any atom is 0.416 e. The van der Waals surface area contributed by atoms with Crippen LogP contribution >= 0.6 is 0 Å². The number of nitrogens with zero attached hydrogens (tertiary/aromatic N) is 2. The number of hydrogen-bond acceptors (Lipinski definition) is 4. The molecule has 0 aliphatic carbocycles. The Bertz CT molecular complexity index is 894. The largest absolute Gasteiger partial charge is 0.447 e. The maximum atomic E-state index is 13.3. The number of carbonyl (C=O) groups is 2. The molecule has 0 aromatic heterocycles. The lowest BCUT2D eigenvalue weighted by atomic mass is 9.77. The van der Waals surface area contributed by atoms with E-state index in [9.17, 15) is 9.59 Å². The molecule has 2 amide bonds. The summed E-state index contributed by atoms with van der Waals surface area (Å²) >= 11 is 0. The van der Waals surface area contributed by atoms with Crippen LogP contribution in [0.15, 0.2) is 48.5 Å². The second kappa shape index (κ2) is 5.87. The third kappa shape index (κ3) is 2.23. The van der Waals surface area contributed by atoms with Crippen molar-refractivity contribution in [2.75, 3.05) is 24.6 Å². The van der Waals surface area contributed by atoms with E-state index < -0.39 is 6.09 Å². The molecule has 3 heterocycles. The highest BCUT2D eigenvalue weighted by Crippen LogP contribution is 2.46. The van der Waals surface area contributed by atoms with Gasteiger partial charge in [-0.05, 0) is 35.6 Å². The van der Waals surface area contributed by atoms with E-state index in [4.69, 9.17) is 4.74 Å². The Morgan fingerprint density at radius 1 is 1.00 bits per heavy atom. The Labute approximate surface area is 152 Å². The lowest BCUT2D eigenvalue weighted by molar-refractivity contribution is -0.133. The van der Waals surface area contributed by atoms with Gasteiger partial charge in [-0.3, -0.25) is 4.79 Å². The predicted octanol–water partition coefficient (Wildman–Crippen LogP) is 2.94. The Morgan fingerprint density at radius 3 is 2.58 bits per heavy atom. The van der Waals surface area contributed by atoms with Gasteiger partial charge in [0, 0.05) is 12.2 Å². The molecule has 2 aromatic rings. The molecule has 132 valence electrons. The van der Waals surface area contributed by atoms with Crippen LogP contribution < -0.4 is 4.90 Å². The van der Waals surface area contributed by atoms with Crippen molar-refractivity contribution in [3.8, 4) is 0 Å². The minimum absolute atomic E-state index is 0.0317. The molecule has 0 radical (unpaired) electrons. The highest BCUT2D eigenvalue weighted by atomic mass is 16.6. The van der Waals surface area contributed by atoms with Crippen LogP contribution in [-0.2, 0) is 22.4 Å². The smallest absolute Gasteiger partial charge is 0.416 e. The van der Waals surface area contributed by atoms with Crippen molar-refractivity contribution < 1.29 is 14.3 Å². The molecular weight excluding hydrogens is 328 g/mol. The number of amides is 2. The minimum atomic E-state index is -0.510. The quantitative estimate of drug-likeness (QED) is 0.795. The number of fused-ring (bicyclic) bond motifs is 5. The third-order valence-electron chi connectivity index (χ3n) is 5.80. The summed E-state index contributed by atoms with van der Waals surface area (Å²) < 4.78 is 5.00. The van der Waals surface area contributed by atoms with Crippen LogP contribution in [0.2, 0.25) is 0 Å². The molecule has 26 heavy (non-hydrogen) atoms. The van der Waals surface area contributed by atoms with Gasteiger partial charge < -0.3 is 9.64 Å². The number of anilines is 1. The summed E-state index contributed by atoms with van der Waals surface area (Å²) in [5.74, 6) is -0.397. The van der Waals surface area contributed by atoms with Crippen LogP contribution in [-0.4, -0.2) is 36.6 Å². The molecule has 3 aliphatic rings. The molecule has 5 nitrogen and oxygen atoms in total. The number of para-hydroxylation sites is 1. The molecule has 0 unspecified atom stereocenters. The Morgan fingerprint density at radius 2 is 1.77 bits per heavy atom. The van der Waals surface area contributed by atoms with Gasteiger partial charge in [0.2, 0.25) is 5.91 Å². The number of cyclic esters (lactones) is 1. The van der Waals surface area contributed by atoms with Crippen LogP contribution in [0.4, 0.5) is 10.5 Å². The Kier molecular flexibility index (Phi) is 3.48. The van der Waals surface area contributed by atoms with E-state index in [2.05, 4.69) is 41.3 Å². The fraction of sp³-hybridized carbons (Fsp3) is 0.333. The summed E-state index contributed by atoms with van der Waals surface area (Å²) in [4.78, 5) is 28.9. The van der Waals surface area contributed by atoms with E-state index >= 15 is 0 Å². The first-order valence-corrected chi connectivity index (χ1v) is 9.14. The van der Waals surface area contributed by atoms with Crippen LogP contribution in [0, 0.1) is 5.92 Å². The lowest BCUT2D eigenvalue weighted by Gasteiger charge is -2.47. The first-order valence-electron chi connectivity index (χ1n) is 9.14. The molecule has 1 fully saturated rings. The number of hydrogen-bond donors (Lipinski definition) is 0. The van der Waals surface area contributed by atoms with Gasteiger partial charge >= 0.3 is 6.09 Å². The highest BCUT2D eigenvalue weighted by Gasteiger charge is 2.45. The zero-order valence-corrected chi connectivity index (χ0v) is 14.4. The van der Waals surface area contributed by atoms with Crippen molar-refractivity contribution in [1.29, 1.82) is 0 Å². The van der Waals surface area contributed by atoms with E-state index in [0.29, 0.717) is 19.6 Å². The summed E-state index contributed by atoms with van der Waals surface area (Å²) in [7, 11) is 0. The number of benzene rings is 2. The molecule has 0 spiro atoms. The van der Waals surface area contributed by atoms with Crippen LogP contribution in [0.25, 0.3) is 0 Å². The molecule has 5 heteroatoms. The molecule has 0 saturated carbocycles. The molecule has 0 N–H and O–H groups in total. The minimum Gasteiger partial charge on any atom is -0.447 e. The fourth-order valence-electron chi connectivity index (χ4n) is 4.63. The number of imide groups is 1. The number of ether oxygens (including phenoxy) is 1. The van der Waals surface area contributed by atoms with Crippen LogP contribution in [0.5, 0.6) is 0 Å². The maximum absolute atomic E-state index is 13.3. The fourth-order valence-corrected chi connectivity index (χ4v) is 4.63. The molecule has 2 atom stereocenters. The SMILES string of the molecule is O=C1OCCN1C(=O)[C@@H]1Cc2ccccc2N2CCc3ccccc3[C@@H]12. The van der Waals surface area contributed by atoms with Gasteiger partial charge in [-0.15, -0.1) is 0 Å². The average Bonchev–Trinajstić information content (AvgIpc) is 3.12. The Balaban J connectivity index is 1.62. The topological polar surface area (TPSA) is 49.9 Å². The predicted molar refractivity (Wildman–Crippen MR) is 96.9 cm³/mol. The summed E-state index contributed by atoms with van der Waals surface area (Å²) in [5.41, 5.74) is 4.89. The van der Waals surface area contributed by atoms with Crippen molar-refractivity contribution in [3.63, 3.8) is 0 Å². The molecular formula is C21H20N2O3. The van der Waals surface area contributed by atoms with Gasteiger partial charge in [0.1, 0.15) is 6.61 Å². The van der Waals surface area contributed by atoms with Gasteiger partial charge in [0.05, 0.1) is 18.5 Å². The lowest BCUT2D eigenvalue weighted by Crippen LogP contribution is -2.50. The molecule has 3 aliphatic heterocycles. The second-order valence-electron chi connectivity index (χ2n) is 7.13. The summed E-state index contributed by atoms with van der Waals surface area (Å²) in [6.45, 7) is 1.52. The monoisotopic (exact) mass is 348 g/mol. The van der Waals surface area contributed by atoms with Gasteiger partial charge in [-0.1, -0.05) is 42.5 Å². The van der Waals surface area contributed by atoms with Gasteiger partial charge in [-0.2, -0.15) is 0 Å². The zero-order chi connectivity index (χ0) is 17.7. The van der Waals surface area contributed by atoms with E-state index in [1.54, 1.807) is 0 Å². The Hall–Kier alpha value is -2.82. The van der Waals surface area contributed by atoms with Crippen LogP contribution in [0.3, 0.4) is 0 Å². The normalized spacial score (nSPS) is 23.8. The molecule has 1 saturated heterocycles. The summed E-state index contributed by atoms with van der Waals surface area (Å²) in [5, 5.41) is 0. The van der Waals surface area contributed by atoms with Gasteiger partial charge in [0.25, 0.3) is 0 Å². The first-order chi connectivity index (χ1) is 12.7. The van der Waals surface area contributed by atoms with Crippen molar-refractivity contribution in [1.82, 2.24) is 4.90 Å². The van der Waals surface area contributed by atoms with E-state index in [1.165, 1.54) is 27.3 Å². The number of carbonyl (C=O) groups excluding carboxylic acids is 2. The third-order valence-corrected chi connectivity index (χ3v) is 5.80. The zero-order valence-electron chi connectivity index (χ0n) is 14.4. The standard InChI is InChI=1S/C21H20N2O3/c24-20(23-11-12-26-21(23)25)17-13-15-6-2-4-8-18(15)22-10-9-14-5-1-3-7-16(14)19(17)22/h1-8,17,19H,9-13H2/t17-,19+/m1/s1. The van der Waals surface area contributed by atoms with Crippen LogP contribution in [0.1, 0.15) is 22.7 Å². The first kappa shape index (κ1) is 15.4. The summed E-state index contributed by atoms with van der Waals surface area (Å²) in [6, 6.07) is 16.6. The number of rotatable bonds is 1. The van der Waals surface area contributed by atoms with Crippen molar-refractivity contribution >= 4 is 17.7 Å². The second-order valence-corrected chi connectivity index (χ2v) is 7.13. The van der Waals surface area contributed by atoms with E-state index in [-0.39, 0.29) is 17.9 Å². The van der Waals surface area contributed by atoms with Crippen molar-refractivity contribution in [2.45, 2.75) is 18.9 Å².